The third kappa shape index (κ3) is 4.91. The van der Waals surface area contributed by atoms with Crippen LogP contribution in [0.15, 0.2) is 60.8 Å². The molecule has 0 saturated carbocycles. The minimum Gasteiger partial charge on any atom is -0.389 e. The second-order valence-electron chi connectivity index (χ2n) is 7.86. The second-order valence-corrected chi connectivity index (χ2v) is 7.86. The molecule has 4 nitrogen and oxygen atoms in total. The van der Waals surface area contributed by atoms with Crippen molar-refractivity contribution < 1.29 is 13.9 Å². The quantitative estimate of drug-likeness (QED) is 0.385. The van der Waals surface area contributed by atoms with E-state index in [0.29, 0.717) is 27.8 Å². The summed E-state index contributed by atoms with van der Waals surface area (Å²) in [5.74, 6) is -1.06. The predicted octanol–water partition coefficient (Wildman–Crippen LogP) is 6.13. The van der Waals surface area contributed by atoms with Crippen molar-refractivity contribution in [2.75, 3.05) is 0 Å². The summed E-state index contributed by atoms with van der Waals surface area (Å²) < 4.78 is 30.9. The Morgan fingerprint density at radius 1 is 0.969 bits per heavy atom. The summed E-state index contributed by atoms with van der Waals surface area (Å²) in [6.45, 7) is 3.56. The molecule has 0 bridgehead atoms. The Kier molecular flexibility index (Phi) is 7.63. The third-order valence-corrected chi connectivity index (χ3v) is 4.89. The van der Waals surface area contributed by atoms with E-state index in [9.17, 15) is 9.50 Å². The summed E-state index contributed by atoms with van der Waals surface area (Å²) in [5.41, 5.74) is 1.74. The van der Waals surface area contributed by atoms with Gasteiger partial charge in [-0.15, -0.1) is 24.8 Å². The standard InChI is InChI=1S/C24H19F2N3O.2ClH/c1-24(2,30)14-29-23-11-22(26)20(9-17(23)13-28-29)19-6-4-3-5-18(19)15-7-8-16(12-27)21(25)10-15;;/h3-11,13,30H,14H2,1-2H3;2*1H. The molecule has 166 valence electrons. The Balaban J connectivity index is 0.00000181. The van der Waals surface area contributed by atoms with Crippen molar-refractivity contribution in [3.63, 3.8) is 0 Å². The van der Waals surface area contributed by atoms with Crippen molar-refractivity contribution in [1.82, 2.24) is 9.78 Å². The van der Waals surface area contributed by atoms with E-state index in [1.807, 2.05) is 0 Å². The van der Waals surface area contributed by atoms with E-state index in [4.69, 9.17) is 5.26 Å². The molecule has 4 aromatic rings. The first-order chi connectivity index (χ1) is 14.3. The molecule has 0 atom stereocenters. The predicted molar refractivity (Wildman–Crippen MR) is 126 cm³/mol. The molecule has 1 heterocycles. The highest BCUT2D eigenvalue weighted by molar-refractivity contribution is 5.90. The fraction of sp³-hybridized carbons (Fsp3) is 0.167. The van der Waals surface area contributed by atoms with Crippen LogP contribution in [-0.2, 0) is 6.54 Å². The lowest BCUT2D eigenvalue weighted by atomic mass is 9.93. The molecule has 0 radical (unpaired) electrons. The molecule has 4 rings (SSSR count). The van der Waals surface area contributed by atoms with E-state index in [-0.39, 0.29) is 36.9 Å². The fourth-order valence-corrected chi connectivity index (χ4v) is 3.54. The molecule has 0 fully saturated rings. The summed E-state index contributed by atoms with van der Waals surface area (Å²) in [4.78, 5) is 0. The topological polar surface area (TPSA) is 61.8 Å². The monoisotopic (exact) mass is 475 g/mol. The van der Waals surface area contributed by atoms with Crippen LogP contribution in [0.25, 0.3) is 33.2 Å². The van der Waals surface area contributed by atoms with Crippen molar-refractivity contribution in [3.05, 3.63) is 78.0 Å². The normalized spacial score (nSPS) is 10.9. The van der Waals surface area contributed by atoms with Gasteiger partial charge in [0.1, 0.15) is 17.7 Å². The summed E-state index contributed by atoms with van der Waals surface area (Å²) in [7, 11) is 0. The van der Waals surface area contributed by atoms with E-state index in [1.54, 1.807) is 67.2 Å². The average molecular weight is 476 g/mol. The Bertz CT molecular complexity index is 1310. The number of fused-ring (bicyclic) bond motifs is 1. The molecular weight excluding hydrogens is 455 g/mol. The molecule has 0 saturated heterocycles. The highest BCUT2D eigenvalue weighted by atomic mass is 35.5. The van der Waals surface area contributed by atoms with E-state index < -0.39 is 17.2 Å². The van der Waals surface area contributed by atoms with Gasteiger partial charge >= 0.3 is 0 Å². The Labute approximate surface area is 196 Å². The number of aromatic nitrogens is 2. The van der Waals surface area contributed by atoms with Gasteiger partial charge in [0.2, 0.25) is 0 Å². The van der Waals surface area contributed by atoms with E-state index in [2.05, 4.69) is 5.10 Å². The van der Waals surface area contributed by atoms with E-state index in [1.165, 1.54) is 18.2 Å². The lowest BCUT2D eigenvalue weighted by Crippen LogP contribution is -2.26. The molecule has 1 aromatic heterocycles. The van der Waals surface area contributed by atoms with Gasteiger partial charge in [-0.25, -0.2) is 8.78 Å². The zero-order chi connectivity index (χ0) is 21.5. The van der Waals surface area contributed by atoms with Crippen LogP contribution < -0.4 is 0 Å². The van der Waals surface area contributed by atoms with Crippen LogP contribution in [0.4, 0.5) is 8.78 Å². The maximum atomic E-state index is 15.2. The van der Waals surface area contributed by atoms with Crippen LogP contribution in [0.3, 0.4) is 0 Å². The zero-order valence-electron chi connectivity index (χ0n) is 17.3. The number of hydrogen-bond donors (Lipinski definition) is 1. The van der Waals surface area contributed by atoms with Crippen LogP contribution in [0, 0.1) is 23.0 Å². The van der Waals surface area contributed by atoms with Gasteiger partial charge in [0.15, 0.2) is 0 Å². The maximum Gasteiger partial charge on any atom is 0.141 e. The molecule has 0 unspecified atom stereocenters. The van der Waals surface area contributed by atoms with Crippen LogP contribution in [0.1, 0.15) is 19.4 Å². The van der Waals surface area contributed by atoms with E-state index in [0.717, 1.165) is 5.39 Å². The van der Waals surface area contributed by atoms with Crippen LogP contribution >= 0.6 is 24.8 Å². The zero-order valence-corrected chi connectivity index (χ0v) is 19.0. The first kappa shape index (κ1) is 25.3. The lowest BCUT2D eigenvalue weighted by Gasteiger charge is -2.17. The van der Waals surface area contributed by atoms with Crippen molar-refractivity contribution in [2.45, 2.75) is 26.0 Å². The number of aliphatic hydroxyl groups is 1. The van der Waals surface area contributed by atoms with Crippen molar-refractivity contribution in [3.8, 4) is 28.3 Å². The number of rotatable bonds is 4. The maximum absolute atomic E-state index is 15.2. The van der Waals surface area contributed by atoms with Crippen LogP contribution in [0.2, 0.25) is 0 Å². The molecule has 0 aliphatic rings. The molecule has 0 aliphatic carbocycles. The lowest BCUT2D eigenvalue weighted by molar-refractivity contribution is 0.0591. The highest BCUT2D eigenvalue weighted by Gasteiger charge is 2.19. The number of benzene rings is 3. The molecule has 1 N–H and O–H groups in total. The van der Waals surface area contributed by atoms with Gasteiger partial charge in [0, 0.05) is 17.0 Å². The highest BCUT2D eigenvalue weighted by Crippen LogP contribution is 2.36. The first-order valence-corrected chi connectivity index (χ1v) is 9.44. The number of halogens is 4. The Morgan fingerprint density at radius 2 is 1.66 bits per heavy atom. The van der Waals surface area contributed by atoms with Gasteiger partial charge in [-0.2, -0.15) is 10.4 Å². The molecule has 32 heavy (non-hydrogen) atoms. The van der Waals surface area contributed by atoms with Crippen LogP contribution in [-0.4, -0.2) is 20.5 Å². The van der Waals surface area contributed by atoms with Gasteiger partial charge in [0.25, 0.3) is 0 Å². The summed E-state index contributed by atoms with van der Waals surface area (Å²) in [6, 6.07) is 16.4. The minimum atomic E-state index is -0.986. The summed E-state index contributed by atoms with van der Waals surface area (Å²) >= 11 is 0. The largest absolute Gasteiger partial charge is 0.389 e. The molecule has 8 heteroatoms. The van der Waals surface area contributed by atoms with Gasteiger partial charge in [-0.1, -0.05) is 30.3 Å². The summed E-state index contributed by atoms with van der Waals surface area (Å²) in [5, 5.41) is 24.0. The van der Waals surface area contributed by atoms with E-state index >= 15 is 4.39 Å². The Morgan fingerprint density at radius 3 is 2.28 bits per heavy atom. The van der Waals surface area contributed by atoms with Gasteiger partial charge in [-0.3, -0.25) is 4.68 Å². The molecule has 0 aliphatic heterocycles. The van der Waals surface area contributed by atoms with Crippen LogP contribution in [0.5, 0.6) is 0 Å². The fourth-order valence-electron chi connectivity index (χ4n) is 3.54. The SMILES string of the molecule is CC(C)(O)Cn1ncc2cc(-c3ccccc3-c3ccc(C#N)c(F)c3)c(F)cc21.Cl.Cl. The van der Waals surface area contributed by atoms with Gasteiger partial charge < -0.3 is 5.11 Å². The van der Waals surface area contributed by atoms with Crippen molar-refractivity contribution in [2.24, 2.45) is 0 Å². The minimum absolute atomic E-state index is 0. The molecule has 3 aromatic carbocycles. The molecule has 0 spiro atoms. The summed E-state index contributed by atoms with van der Waals surface area (Å²) in [6.07, 6.45) is 1.63. The number of hydrogen-bond acceptors (Lipinski definition) is 3. The van der Waals surface area contributed by atoms with Gasteiger partial charge in [0.05, 0.1) is 29.4 Å². The first-order valence-electron chi connectivity index (χ1n) is 9.44. The number of nitrogens with zero attached hydrogens (tertiary/aromatic N) is 3. The Hall–Kier alpha value is -2.98. The molecule has 0 amide bonds. The van der Waals surface area contributed by atoms with Crippen molar-refractivity contribution in [1.29, 1.82) is 5.26 Å². The smallest absolute Gasteiger partial charge is 0.141 e. The molecular formula is C24H21Cl2F2N3O. The third-order valence-electron chi connectivity index (χ3n) is 4.89. The van der Waals surface area contributed by atoms with Crippen molar-refractivity contribution >= 4 is 35.7 Å². The number of nitriles is 1. The second kappa shape index (κ2) is 9.66. The van der Waals surface area contributed by atoms with Gasteiger partial charge in [-0.05, 0) is 48.7 Å². The average Bonchev–Trinajstić information content (AvgIpc) is 3.07.